The standard InChI is InChI=1S/C13H10N4.C10H14/c14-12-10-3-1-2-4-11(10)16-13(17-12)9-5-7-15-8-6-9;1-3-6-10-8-5-7-9(10)4-2/h1-8H,(H2,14,16,17);3-4,6H,2,5,7-8H2,1H3/b;6-3-. The predicted molar refractivity (Wildman–Crippen MR) is 113 cm³/mol. The first-order valence-corrected chi connectivity index (χ1v) is 9.12. The molecule has 2 N–H and O–H groups in total. The lowest BCUT2D eigenvalue weighted by Gasteiger charge is -2.04. The lowest BCUT2D eigenvalue weighted by Crippen LogP contribution is -1.97. The SMILES string of the molecule is C=CC1=C(/C=C\C)CCC1.Nc1nc(-c2ccncc2)nc2ccccc12. The number of hydrogen-bond donors (Lipinski definition) is 1. The number of para-hydroxylation sites is 1. The van der Waals surface area contributed by atoms with E-state index in [1.165, 1.54) is 30.4 Å². The summed E-state index contributed by atoms with van der Waals surface area (Å²) in [5.74, 6) is 1.13. The van der Waals surface area contributed by atoms with Crippen molar-refractivity contribution in [3.05, 3.63) is 84.7 Å². The largest absolute Gasteiger partial charge is 0.383 e. The van der Waals surface area contributed by atoms with Gasteiger partial charge in [-0.25, -0.2) is 9.97 Å². The van der Waals surface area contributed by atoms with Crippen LogP contribution in [0, 0.1) is 0 Å². The Morgan fingerprint density at radius 2 is 1.74 bits per heavy atom. The van der Waals surface area contributed by atoms with E-state index in [0.29, 0.717) is 11.6 Å². The van der Waals surface area contributed by atoms with E-state index in [4.69, 9.17) is 5.73 Å². The van der Waals surface area contributed by atoms with Gasteiger partial charge in [0, 0.05) is 23.3 Å². The van der Waals surface area contributed by atoms with Crippen LogP contribution in [-0.4, -0.2) is 15.0 Å². The maximum atomic E-state index is 5.93. The van der Waals surface area contributed by atoms with Gasteiger partial charge in [-0.2, -0.15) is 0 Å². The Bertz CT molecular complexity index is 988. The minimum Gasteiger partial charge on any atom is -0.383 e. The first-order valence-electron chi connectivity index (χ1n) is 9.12. The minimum atomic E-state index is 0.502. The molecule has 1 aliphatic carbocycles. The molecule has 0 unspecified atom stereocenters. The molecular weight excluding hydrogens is 332 g/mol. The molecule has 0 fully saturated rings. The molecule has 27 heavy (non-hydrogen) atoms. The third-order valence-corrected chi connectivity index (χ3v) is 4.49. The summed E-state index contributed by atoms with van der Waals surface area (Å²) in [6.45, 7) is 5.84. The van der Waals surface area contributed by atoms with Gasteiger partial charge in [-0.1, -0.05) is 36.9 Å². The number of hydrogen-bond acceptors (Lipinski definition) is 4. The highest BCUT2D eigenvalue weighted by atomic mass is 14.9. The van der Waals surface area contributed by atoms with Crippen molar-refractivity contribution in [3.63, 3.8) is 0 Å². The highest BCUT2D eigenvalue weighted by molar-refractivity contribution is 5.89. The number of aromatic nitrogens is 3. The number of allylic oxidation sites excluding steroid dienone is 5. The van der Waals surface area contributed by atoms with Crippen LogP contribution in [0.1, 0.15) is 26.2 Å². The Morgan fingerprint density at radius 3 is 2.48 bits per heavy atom. The molecule has 136 valence electrons. The molecule has 4 nitrogen and oxygen atoms in total. The summed E-state index contributed by atoms with van der Waals surface area (Å²) in [5, 5.41) is 0.880. The number of pyridine rings is 1. The van der Waals surface area contributed by atoms with Gasteiger partial charge in [0.15, 0.2) is 5.82 Å². The van der Waals surface area contributed by atoms with Gasteiger partial charge in [0.25, 0.3) is 0 Å². The van der Waals surface area contributed by atoms with Crippen LogP contribution in [0.25, 0.3) is 22.3 Å². The van der Waals surface area contributed by atoms with E-state index in [9.17, 15) is 0 Å². The molecule has 0 bridgehead atoms. The fraction of sp³-hybridized carbons (Fsp3) is 0.174. The van der Waals surface area contributed by atoms with Crippen molar-refractivity contribution in [2.75, 3.05) is 5.73 Å². The quantitative estimate of drug-likeness (QED) is 0.672. The molecule has 0 saturated carbocycles. The van der Waals surface area contributed by atoms with E-state index in [1.54, 1.807) is 12.4 Å². The van der Waals surface area contributed by atoms with Crippen molar-refractivity contribution < 1.29 is 0 Å². The van der Waals surface area contributed by atoms with Crippen LogP contribution in [0.5, 0.6) is 0 Å². The van der Waals surface area contributed by atoms with E-state index >= 15 is 0 Å². The van der Waals surface area contributed by atoms with Crippen LogP contribution in [-0.2, 0) is 0 Å². The second-order valence-electron chi connectivity index (χ2n) is 6.29. The number of rotatable bonds is 3. The number of nitrogens with two attached hydrogens (primary N) is 1. The molecule has 0 amide bonds. The number of nitrogens with zero attached hydrogens (tertiary/aromatic N) is 3. The second-order valence-corrected chi connectivity index (χ2v) is 6.29. The Hall–Kier alpha value is -3.27. The summed E-state index contributed by atoms with van der Waals surface area (Å²) in [7, 11) is 0. The van der Waals surface area contributed by atoms with Crippen LogP contribution in [0.2, 0.25) is 0 Å². The van der Waals surface area contributed by atoms with Crippen molar-refractivity contribution in [2.45, 2.75) is 26.2 Å². The Morgan fingerprint density at radius 1 is 1.00 bits per heavy atom. The lowest BCUT2D eigenvalue weighted by atomic mass is 10.1. The summed E-state index contributed by atoms with van der Waals surface area (Å²) in [5.41, 5.74) is 10.6. The Kier molecular flexibility index (Phi) is 6.10. The van der Waals surface area contributed by atoms with Gasteiger partial charge in [0.1, 0.15) is 5.82 Å². The molecule has 0 spiro atoms. The zero-order valence-corrected chi connectivity index (χ0v) is 15.6. The molecule has 4 heteroatoms. The molecule has 2 aromatic heterocycles. The molecule has 4 rings (SSSR count). The van der Waals surface area contributed by atoms with E-state index < -0.39 is 0 Å². The topological polar surface area (TPSA) is 64.7 Å². The van der Waals surface area contributed by atoms with Gasteiger partial charge in [0.2, 0.25) is 0 Å². The summed E-state index contributed by atoms with van der Waals surface area (Å²) in [6.07, 6.45) is 13.5. The number of benzene rings is 1. The highest BCUT2D eigenvalue weighted by Crippen LogP contribution is 2.27. The molecular formula is C23H24N4. The fourth-order valence-electron chi connectivity index (χ4n) is 3.15. The predicted octanol–water partition coefficient (Wildman–Crippen LogP) is 5.50. The number of nitrogen functional groups attached to an aromatic ring is 1. The van der Waals surface area contributed by atoms with Crippen LogP contribution in [0.4, 0.5) is 5.82 Å². The van der Waals surface area contributed by atoms with Gasteiger partial charge in [-0.05, 0) is 61.6 Å². The van der Waals surface area contributed by atoms with Crippen molar-refractivity contribution >= 4 is 16.7 Å². The molecule has 0 aliphatic heterocycles. The number of anilines is 1. The average Bonchev–Trinajstić information content (AvgIpc) is 3.17. The summed E-state index contributed by atoms with van der Waals surface area (Å²) in [6, 6.07) is 11.4. The Balaban J connectivity index is 0.000000180. The smallest absolute Gasteiger partial charge is 0.162 e. The maximum Gasteiger partial charge on any atom is 0.162 e. The molecule has 3 aromatic rings. The monoisotopic (exact) mass is 356 g/mol. The summed E-state index contributed by atoms with van der Waals surface area (Å²) < 4.78 is 0. The number of fused-ring (bicyclic) bond motifs is 1. The van der Waals surface area contributed by atoms with E-state index in [2.05, 4.69) is 40.6 Å². The molecule has 1 aliphatic rings. The van der Waals surface area contributed by atoms with Crippen LogP contribution in [0.3, 0.4) is 0 Å². The molecule has 0 radical (unpaired) electrons. The first-order chi connectivity index (χ1) is 13.2. The maximum absolute atomic E-state index is 5.93. The van der Waals surface area contributed by atoms with Crippen molar-refractivity contribution in [3.8, 4) is 11.4 Å². The summed E-state index contributed by atoms with van der Waals surface area (Å²) in [4.78, 5) is 12.8. The van der Waals surface area contributed by atoms with E-state index in [1.807, 2.05) is 42.5 Å². The molecule has 0 saturated heterocycles. The second kappa shape index (κ2) is 8.90. The first kappa shape index (κ1) is 18.5. The minimum absolute atomic E-state index is 0.502. The van der Waals surface area contributed by atoms with Crippen LogP contribution < -0.4 is 5.73 Å². The third-order valence-electron chi connectivity index (χ3n) is 4.49. The lowest BCUT2D eigenvalue weighted by molar-refractivity contribution is 0.906. The van der Waals surface area contributed by atoms with Gasteiger partial charge in [0.05, 0.1) is 5.52 Å². The third kappa shape index (κ3) is 4.47. The average molecular weight is 356 g/mol. The molecule has 2 heterocycles. The summed E-state index contributed by atoms with van der Waals surface area (Å²) >= 11 is 0. The zero-order valence-electron chi connectivity index (χ0n) is 15.6. The Labute approximate surface area is 160 Å². The zero-order chi connectivity index (χ0) is 19.1. The van der Waals surface area contributed by atoms with Gasteiger partial charge < -0.3 is 5.73 Å². The fourth-order valence-corrected chi connectivity index (χ4v) is 3.15. The van der Waals surface area contributed by atoms with E-state index in [0.717, 1.165) is 16.5 Å². The van der Waals surface area contributed by atoms with E-state index in [-0.39, 0.29) is 0 Å². The normalized spacial score (nSPS) is 13.7. The van der Waals surface area contributed by atoms with Crippen LogP contribution >= 0.6 is 0 Å². The molecule has 0 atom stereocenters. The van der Waals surface area contributed by atoms with Gasteiger partial charge in [-0.3, -0.25) is 4.98 Å². The van der Waals surface area contributed by atoms with Crippen LogP contribution in [0.15, 0.2) is 84.7 Å². The van der Waals surface area contributed by atoms with Crippen molar-refractivity contribution in [2.24, 2.45) is 0 Å². The molecule has 1 aromatic carbocycles. The van der Waals surface area contributed by atoms with Crippen molar-refractivity contribution in [1.29, 1.82) is 0 Å². The van der Waals surface area contributed by atoms with Gasteiger partial charge >= 0.3 is 0 Å². The highest BCUT2D eigenvalue weighted by Gasteiger charge is 2.08. The van der Waals surface area contributed by atoms with Crippen molar-refractivity contribution in [1.82, 2.24) is 15.0 Å². The van der Waals surface area contributed by atoms with Gasteiger partial charge in [-0.15, -0.1) is 0 Å².